The molecule has 1 radical (unpaired) electrons. The van der Waals surface area contributed by atoms with Crippen molar-refractivity contribution in [3.63, 3.8) is 0 Å². The number of carbonyl (C=O) groups is 1. The predicted octanol–water partition coefficient (Wildman–Crippen LogP) is 9.48. The van der Waals surface area contributed by atoms with E-state index in [1.165, 1.54) is 52.9 Å². The van der Waals surface area contributed by atoms with Gasteiger partial charge in [-0.2, -0.15) is 0 Å². The van der Waals surface area contributed by atoms with Crippen LogP contribution >= 0.6 is 0 Å². The summed E-state index contributed by atoms with van der Waals surface area (Å²) in [6.45, 7) is 18.6. The van der Waals surface area contributed by atoms with Gasteiger partial charge in [-0.15, -0.1) is 23.6 Å². The standard InChI is InChI=1S/C31H30NO.C5H8O2.Ir/c1-17-8-9-19-13-22-24(14-21(19)12-17)31(6,7)23-11-10-20(15-30(3,4)5)29-25(23)26-27(22)32-16-18(2)28(26)33-29;1-4(6)3-5(2)7;/h8-12,14,16H,15H2,1-7H3;3,6H,1-2H3;/q-1;;/b;4-3-;. The van der Waals surface area contributed by atoms with E-state index in [1.807, 2.05) is 6.20 Å². The fourth-order valence-corrected chi connectivity index (χ4v) is 5.93. The molecule has 2 heterocycles. The molecule has 1 aliphatic rings. The van der Waals surface area contributed by atoms with Crippen molar-refractivity contribution in [3.05, 3.63) is 88.3 Å². The van der Waals surface area contributed by atoms with Gasteiger partial charge in [0.25, 0.3) is 0 Å². The van der Waals surface area contributed by atoms with E-state index in [0.717, 1.165) is 45.2 Å². The number of allylic oxidation sites excluding steroid dienone is 2. The summed E-state index contributed by atoms with van der Waals surface area (Å²) in [4.78, 5) is 15.0. The largest absolute Gasteiger partial charge is 0.512 e. The maximum Gasteiger partial charge on any atom is 0.155 e. The van der Waals surface area contributed by atoms with E-state index >= 15 is 0 Å². The molecule has 41 heavy (non-hydrogen) atoms. The van der Waals surface area contributed by atoms with Crippen LogP contribution in [0.15, 0.2) is 58.8 Å². The van der Waals surface area contributed by atoms with Crippen LogP contribution in [-0.2, 0) is 36.7 Å². The maximum absolute atomic E-state index is 10.0. The number of benzene rings is 3. The van der Waals surface area contributed by atoms with Gasteiger partial charge in [0.15, 0.2) is 5.78 Å². The number of aromatic nitrogens is 1. The first-order chi connectivity index (χ1) is 18.7. The molecule has 5 aromatic rings. The molecule has 0 bridgehead atoms. The van der Waals surface area contributed by atoms with Crippen molar-refractivity contribution in [1.29, 1.82) is 0 Å². The molecule has 0 atom stereocenters. The first-order valence-corrected chi connectivity index (χ1v) is 13.9. The van der Waals surface area contributed by atoms with Crippen molar-refractivity contribution in [1.82, 2.24) is 4.98 Å². The van der Waals surface area contributed by atoms with E-state index in [4.69, 9.17) is 14.5 Å². The minimum Gasteiger partial charge on any atom is -0.512 e. The molecule has 4 nitrogen and oxygen atoms in total. The fourth-order valence-electron chi connectivity index (χ4n) is 5.93. The second-order valence-electron chi connectivity index (χ2n) is 13.0. The maximum atomic E-state index is 10.0. The Morgan fingerprint density at radius 1 is 1.02 bits per heavy atom. The normalized spacial score (nSPS) is 13.9. The summed E-state index contributed by atoms with van der Waals surface area (Å²) < 4.78 is 6.68. The van der Waals surface area contributed by atoms with Gasteiger partial charge in [0.05, 0.1) is 5.76 Å². The van der Waals surface area contributed by atoms with Crippen molar-refractivity contribution in [3.8, 4) is 11.3 Å². The molecule has 0 aliphatic heterocycles. The number of hydrogen-bond donors (Lipinski definition) is 1. The Balaban J connectivity index is 0.000000434. The Kier molecular flexibility index (Phi) is 8.12. The number of hydrogen-bond acceptors (Lipinski definition) is 4. The summed E-state index contributed by atoms with van der Waals surface area (Å²) in [6, 6.07) is 17.3. The van der Waals surface area contributed by atoms with E-state index in [2.05, 4.69) is 90.9 Å². The monoisotopic (exact) mass is 725 g/mol. The number of ketones is 1. The van der Waals surface area contributed by atoms with Crippen LogP contribution in [0.3, 0.4) is 0 Å². The summed E-state index contributed by atoms with van der Waals surface area (Å²) in [5, 5.41) is 13.1. The molecule has 6 rings (SSSR count). The van der Waals surface area contributed by atoms with Crippen molar-refractivity contribution >= 4 is 38.5 Å². The number of aliphatic hydroxyl groups excluding tert-OH is 1. The number of aryl methyl sites for hydroxylation is 2. The smallest absolute Gasteiger partial charge is 0.155 e. The molecule has 3 aromatic carbocycles. The van der Waals surface area contributed by atoms with Gasteiger partial charge in [-0.25, -0.2) is 0 Å². The zero-order valence-corrected chi connectivity index (χ0v) is 27.8. The summed E-state index contributed by atoms with van der Waals surface area (Å²) >= 11 is 0. The molecule has 0 amide bonds. The van der Waals surface area contributed by atoms with Crippen LogP contribution < -0.4 is 0 Å². The van der Waals surface area contributed by atoms with Crippen LogP contribution in [0, 0.1) is 25.3 Å². The topological polar surface area (TPSA) is 63.3 Å². The van der Waals surface area contributed by atoms with Gasteiger partial charge in [0.2, 0.25) is 0 Å². The minimum absolute atomic E-state index is 0. The van der Waals surface area contributed by atoms with E-state index in [1.54, 1.807) is 0 Å². The van der Waals surface area contributed by atoms with Gasteiger partial charge >= 0.3 is 0 Å². The molecular formula is C36H38IrNO3-. The van der Waals surface area contributed by atoms with Gasteiger partial charge in [0, 0.05) is 54.4 Å². The Labute approximate surface area is 256 Å². The number of rotatable bonds is 2. The Hall–Kier alpha value is -3.27. The van der Waals surface area contributed by atoms with Crippen LogP contribution in [-0.4, -0.2) is 15.9 Å². The molecule has 0 spiro atoms. The average Bonchev–Trinajstić information content (AvgIpc) is 3.21. The van der Waals surface area contributed by atoms with Gasteiger partial charge in [-0.3, -0.25) is 9.78 Å². The van der Waals surface area contributed by atoms with Crippen LogP contribution in [0.2, 0.25) is 0 Å². The van der Waals surface area contributed by atoms with Crippen LogP contribution in [0.25, 0.3) is 44.0 Å². The van der Waals surface area contributed by atoms with E-state index in [-0.39, 0.29) is 42.5 Å². The molecule has 0 saturated heterocycles. The third-order valence-corrected chi connectivity index (χ3v) is 7.66. The van der Waals surface area contributed by atoms with Crippen molar-refractivity contribution in [2.75, 3.05) is 0 Å². The van der Waals surface area contributed by atoms with Gasteiger partial charge in [-0.05, 0) is 56.1 Å². The molecule has 0 fully saturated rings. The van der Waals surface area contributed by atoms with E-state index in [9.17, 15) is 4.79 Å². The quantitative estimate of drug-likeness (QED) is 0.112. The summed E-state index contributed by atoms with van der Waals surface area (Å²) in [6.07, 6.45) is 4.09. The van der Waals surface area contributed by atoms with Crippen LogP contribution in [0.5, 0.6) is 0 Å². The second kappa shape index (κ2) is 10.9. The van der Waals surface area contributed by atoms with E-state index in [0.29, 0.717) is 0 Å². The number of fused-ring (bicyclic) bond motifs is 3. The third-order valence-electron chi connectivity index (χ3n) is 7.66. The molecule has 215 valence electrons. The van der Waals surface area contributed by atoms with Crippen molar-refractivity contribution in [2.24, 2.45) is 5.41 Å². The van der Waals surface area contributed by atoms with Crippen LogP contribution in [0.1, 0.15) is 76.3 Å². The summed E-state index contributed by atoms with van der Waals surface area (Å²) in [5.74, 6) is -0.0625. The van der Waals surface area contributed by atoms with Crippen molar-refractivity contribution < 1.29 is 34.4 Å². The molecule has 2 aromatic heterocycles. The van der Waals surface area contributed by atoms with Crippen LogP contribution in [0.4, 0.5) is 0 Å². The fraction of sp³-hybridized carbons (Fsp3) is 0.333. The molecule has 0 unspecified atom stereocenters. The van der Waals surface area contributed by atoms with Crippen molar-refractivity contribution in [2.45, 2.75) is 74.1 Å². The Bertz CT molecular complexity index is 1850. The molecule has 1 N–H and O–H groups in total. The number of carbonyl (C=O) groups excluding carboxylic acids is 1. The Morgan fingerprint density at radius 2 is 1.73 bits per heavy atom. The average molecular weight is 725 g/mol. The Morgan fingerprint density at radius 3 is 2.34 bits per heavy atom. The summed E-state index contributed by atoms with van der Waals surface area (Å²) in [5.41, 5.74) is 10.2. The zero-order chi connectivity index (χ0) is 29.1. The van der Waals surface area contributed by atoms with Gasteiger partial charge in [-0.1, -0.05) is 81.0 Å². The molecular weight excluding hydrogens is 687 g/mol. The molecule has 1 aliphatic carbocycles. The number of pyridine rings is 1. The van der Waals surface area contributed by atoms with E-state index < -0.39 is 0 Å². The zero-order valence-electron chi connectivity index (χ0n) is 25.4. The summed E-state index contributed by atoms with van der Waals surface area (Å²) in [7, 11) is 0. The predicted molar refractivity (Wildman–Crippen MR) is 165 cm³/mol. The SMILES string of the molecule is CC(=O)/C=C(/C)O.Cc1ccc2[c-]c3c(cc2c1)C(C)(C)c1ccc(CC(C)(C)C)c2oc4c(C)cnc-3c4c12.[Ir]. The number of nitrogens with zero attached hydrogens (tertiary/aromatic N) is 1. The number of aliphatic hydroxyl groups is 1. The molecule has 5 heteroatoms. The number of furan rings is 1. The van der Waals surface area contributed by atoms with Gasteiger partial charge < -0.3 is 9.52 Å². The second-order valence-corrected chi connectivity index (χ2v) is 13.0. The first kappa shape index (κ1) is 30.7. The molecule has 0 saturated carbocycles. The minimum atomic E-state index is -0.215. The third kappa shape index (κ3) is 5.63. The first-order valence-electron chi connectivity index (χ1n) is 13.9. The van der Waals surface area contributed by atoms with Gasteiger partial charge in [0.1, 0.15) is 11.2 Å².